The maximum absolute atomic E-state index is 2.45. The molecule has 12 aromatic rings. The molecule has 0 unspecified atom stereocenters. The molecular formula is C63H44N2S. The van der Waals surface area contributed by atoms with E-state index >= 15 is 0 Å². The van der Waals surface area contributed by atoms with Crippen LogP contribution in [-0.4, -0.2) is 4.57 Å². The van der Waals surface area contributed by atoms with Crippen molar-refractivity contribution in [3.63, 3.8) is 0 Å². The largest absolute Gasteiger partial charge is 0.311 e. The first-order valence-electron chi connectivity index (χ1n) is 22.8. The average Bonchev–Trinajstić information content (AvgIpc) is 4.00. The van der Waals surface area contributed by atoms with Gasteiger partial charge in [-0.3, -0.25) is 0 Å². The molecule has 1 aliphatic rings. The summed E-state index contributed by atoms with van der Waals surface area (Å²) in [5.74, 6) is 0. The molecule has 2 heterocycles. The summed E-state index contributed by atoms with van der Waals surface area (Å²) in [5.41, 5.74) is 19.6. The standard InChI is InChI=1S/C63H44N2S/c1-63(2)56-20-9-6-15-51(56)53-39-40-58-60(61(53)63)55-17-7-10-21-57(55)65(58)49-35-27-44(28-36-49)43-25-33-47(34-26-43)64(46-31-23-42(24-32-46)41-13-4-3-5-14-41)48-37-29-45(30-38-48)50-18-12-19-54-52-16-8-11-22-59(52)66-62(50)54/h3-40H,1-2H3. The van der Waals surface area contributed by atoms with Crippen LogP contribution in [0.15, 0.2) is 231 Å². The Balaban J connectivity index is 0.855. The monoisotopic (exact) mass is 860 g/mol. The van der Waals surface area contributed by atoms with Crippen molar-refractivity contribution >= 4 is 70.4 Å². The van der Waals surface area contributed by atoms with Crippen LogP contribution in [0.2, 0.25) is 0 Å². The van der Waals surface area contributed by atoms with E-state index < -0.39 is 0 Å². The molecule has 0 atom stereocenters. The number of thiophene rings is 1. The first kappa shape index (κ1) is 38.5. The lowest BCUT2D eigenvalue weighted by atomic mass is 9.80. The summed E-state index contributed by atoms with van der Waals surface area (Å²) in [7, 11) is 0. The Kier molecular flexibility index (Phi) is 8.78. The number of aromatic nitrogens is 1. The van der Waals surface area contributed by atoms with Crippen LogP contribution >= 0.6 is 11.3 Å². The van der Waals surface area contributed by atoms with Crippen LogP contribution in [0.25, 0.3) is 92.2 Å². The van der Waals surface area contributed by atoms with Gasteiger partial charge in [0.25, 0.3) is 0 Å². The minimum Gasteiger partial charge on any atom is -0.311 e. The Hall–Kier alpha value is -7.98. The zero-order chi connectivity index (χ0) is 43.9. The molecule has 0 saturated heterocycles. The quantitative estimate of drug-likeness (QED) is 0.155. The van der Waals surface area contributed by atoms with E-state index in [0.29, 0.717) is 0 Å². The number of benzene rings is 10. The fraction of sp³-hybridized carbons (Fsp3) is 0.0476. The molecule has 312 valence electrons. The Bertz CT molecular complexity index is 3800. The normalized spacial score (nSPS) is 12.8. The van der Waals surface area contributed by atoms with Crippen LogP contribution in [0.4, 0.5) is 17.1 Å². The predicted octanol–water partition coefficient (Wildman–Crippen LogP) is 17.9. The zero-order valence-electron chi connectivity index (χ0n) is 36.7. The third-order valence-corrected chi connectivity index (χ3v) is 15.2. The first-order valence-corrected chi connectivity index (χ1v) is 23.6. The van der Waals surface area contributed by atoms with Gasteiger partial charge in [-0.2, -0.15) is 0 Å². The van der Waals surface area contributed by atoms with E-state index in [2.05, 4.69) is 254 Å². The van der Waals surface area contributed by atoms with Crippen molar-refractivity contribution in [3.05, 3.63) is 242 Å². The molecule has 0 amide bonds. The molecule has 0 spiro atoms. The number of hydrogen-bond acceptors (Lipinski definition) is 2. The number of rotatable bonds is 7. The van der Waals surface area contributed by atoms with E-state index in [1.165, 1.54) is 97.6 Å². The summed E-state index contributed by atoms with van der Waals surface area (Å²) in [5, 5.41) is 5.29. The number of hydrogen-bond donors (Lipinski definition) is 0. The molecular weight excluding hydrogens is 817 g/mol. The second kappa shape index (κ2) is 15.1. The highest BCUT2D eigenvalue weighted by Crippen LogP contribution is 2.53. The van der Waals surface area contributed by atoms with Gasteiger partial charge in [0.1, 0.15) is 0 Å². The zero-order valence-corrected chi connectivity index (χ0v) is 37.6. The number of nitrogens with zero attached hydrogens (tertiary/aromatic N) is 2. The van der Waals surface area contributed by atoms with Gasteiger partial charge in [-0.05, 0) is 122 Å². The van der Waals surface area contributed by atoms with Gasteiger partial charge in [0.05, 0.1) is 11.0 Å². The van der Waals surface area contributed by atoms with Gasteiger partial charge in [0, 0.05) is 59.1 Å². The molecule has 0 fully saturated rings. The second-order valence-electron chi connectivity index (χ2n) is 18.1. The molecule has 0 radical (unpaired) electrons. The van der Waals surface area contributed by atoms with Crippen molar-refractivity contribution in [2.75, 3.05) is 4.90 Å². The fourth-order valence-corrected chi connectivity index (χ4v) is 12.1. The molecule has 3 heteroatoms. The summed E-state index contributed by atoms with van der Waals surface area (Å²) in [6.45, 7) is 4.77. The molecule has 0 saturated carbocycles. The van der Waals surface area contributed by atoms with Gasteiger partial charge in [0.2, 0.25) is 0 Å². The molecule has 10 aromatic carbocycles. The number of fused-ring (bicyclic) bond motifs is 10. The van der Waals surface area contributed by atoms with Gasteiger partial charge in [-0.25, -0.2) is 0 Å². The molecule has 13 rings (SSSR count). The van der Waals surface area contributed by atoms with E-state index in [1.807, 2.05) is 11.3 Å². The molecule has 2 aromatic heterocycles. The lowest BCUT2D eigenvalue weighted by molar-refractivity contribution is 0.666. The molecule has 1 aliphatic carbocycles. The van der Waals surface area contributed by atoms with Crippen molar-refractivity contribution < 1.29 is 0 Å². The maximum atomic E-state index is 2.45. The molecule has 2 nitrogen and oxygen atoms in total. The SMILES string of the molecule is CC1(C)c2ccccc2-c2ccc3c(c21)c1ccccc1n3-c1ccc(-c2ccc(N(c3ccc(-c4ccccc4)cc3)c3ccc(-c4cccc5c4sc4ccccc45)cc3)cc2)cc1. The van der Waals surface area contributed by atoms with Crippen LogP contribution < -0.4 is 4.90 Å². The predicted molar refractivity (Wildman–Crippen MR) is 282 cm³/mol. The average molecular weight is 861 g/mol. The van der Waals surface area contributed by atoms with Gasteiger partial charge >= 0.3 is 0 Å². The van der Waals surface area contributed by atoms with E-state index in [0.717, 1.165) is 22.7 Å². The van der Waals surface area contributed by atoms with Crippen molar-refractivity contribution in [2.24, 2.45) is 0 Å². The third-order valence-electron chi connectivity index (χ3n) is 14.0. The fourth-order valence-electron chi connectivity index (χ4n) is 10.9. The topological polar surface area (TPSA) is 8.17 Å². The second-order valence-corrected chi connectivity index (χ2v) is 19.1. The summed E-state index contributed by atoms with van der Waals surface area (Å²) < 4.78 is 5.10. The lowest BCUT2D eigenvalue weighted by Crippen LogP contribution is -2.15. The smallest absolute Gasteiger partial charge is 0.0544 e. The third kappa shape index (κ3) is 6.01. The van der Waals surface area contributed by atoms with E-state index in [9.17, 15) is 0 Å². The summed E-state index contributed by atoms with van der Waals surface area (Å²) in [6.07, 6.45) is 0. The molecule has 0 N–H and O–H groups in total. The lowest BCUT2D eigenvalue weighted by Gasteiger charge is -2.26. The van der Waals surface area contributed by atoms with Crippen molar-refractivity contribution in [2.45, 2.75) is 19.3 Å². The molecule has 66 heavy (non-hydrogen) atoms. The highest BCUT2D eigenvalue weighted by Gasteiger charge is 2.38. The van der Waals surface area contributed by atoms with Crippen LogP contribution in [0.1, 0.15) is 25.0 Å². The van der Waals surface area contributed by atoms with Crippen LogP contribution in [-0.2, 0) is 5.41 Å². The minimum absolute atomic E-state index is 0.101. The van der Waals surface area contributed by atoms with Gasteiger partial charge in [-0.1, -0.05) is 178 Å². The number of para-hydroxylation sites is 1. The minimum atomic E-state index is -0.101. The Morgan fingerprint density at radius 2 is 0.909 bits per heavy atom. The van der Waals surface area contributed by atoms with Crippen molar-refractivity contribution in [1.82, 2.24) is 4.57 Å². The Labute approximate surface area is 388 Å². The van der Waals surface area contributed by atoms with E-state index in [4.69, 9.17) is 0 Å². The summed E-state index contributed by atoms with van der Waals surface area (Å²) >= 11 is 1.88. The number of anilines is 3. The van der Waals surface area contributed by atoms with E-state index in [1.54, 1.807) is 0 Å². The van der Waals surface area contributed by atoms with Gasteiger partial charge in [-0.15, -0.1) is 11.3 Å². The van der Waals surface area contributed by atoms with E-state index in [-0.39, 0.29) is 5.41 Å². The van der Waals surface area contributed by atoms with Gasteiger partial charge in [0.15, 0.2) is 0 Å². The maximum Gasteiger partial charge on any atom is 0.0544 e. The van der Waals surface area contributed by atoms with Crippen LogP contribution in [0.3, 0.4) is 0 Å². The van der Waals surface area contributed by atoms with Crippen LogP contribution in [0, 0.1) is 0 Å². The highest BCUT2D eigenvalue weighted by atomic mass is 32.1. The van der Waals surface area contributed by atoms with Crippen molar-refractivity contribution in [1.29, 1.82) is 0 Å². The summed E-state index contributed by atoms with van der Waals surface area (Å²) in [4.78, 5) is 2.37. The molecule has 0 aliphatic heterocycles. The van der Waals surface area contributed by atoms with Crippen LogP contribution in [0.5, 0.6) is 0 Å². The van der Waals surface area contributed by atoms with Crippen molar-refractivity contribution in [3.8, 4) is 50.2 Å². The Morgan fingerprint density at radius 1 is 0.379 bits per heavy atom. The first-order chi connectivity index (χ1) is 32.5. The summed E-state index contributed by atoms with van der Waals surface area (Å²) in [6, 6.07) is 84.7. The highest BCUT2D eigenvalue weighted by molar-refractivity contribution is 7.26. The van der Waals surface area contributed by atoms with Gasteiger partial charge < -0.3 is 9.47 Å². The Morgan fingerprint density at radius 3 is 1.61 bits per heavy atom. The molecule has 0 bridgehead atoms.